The number of benzene rings is 3. The first-order chi connectivity index (χ1) is 14.8. The lowest BCUT2D eigenvalue weighted by molar-refractivity contribution is 0.0696. The van der Waals surface area contributed by atoms with Crippen molar-refractivity contribution in [2.75, 3.05) is 16.6 Å². The third-order valence-corrected chi connectivity index (χ3v) is 5.57. The summed E-state index contributed by atoms with van der Waals surface area (Å²) in [5.41, 5.74) is 0.762. The quantitative estimate of drug-likeness (QED) is 0.489. The van der Waals surface area contributed by atoms with Crippen LogP contribution in [-0.2, 0) is 10.0 Å². The Balaban J connectivity index is 1.77. The fraction of sp³-hybridized carbons (Fsp3) is 0.0909. The molecule has 0 fully saturated rings. The molecule has 0 unspecified atom stereocenters. The van der Waals surface area contributed by atoms with Crippen molar-refractivity contribution < 1.29 is 27.9 Å². The van der Waals surface area contributed by atoms with Crippen LogP contribution in [0.15, 0.2) is 77.7 Å². The number of ether oxygens (including phenoxy) is 1. The van der Waals surface area contributed by atoms with E-state index in [2.05, 4.69) is 10.0 Å². The zero-order valence-electron chi connectivity index (χ0n) is 16.5. The Kier molecular flexibility index (Phi) is 6.56. The van der Waals surface area contributed by atoms with Crippen LogP contribution in [0.2, 0.25) is 0 Å². The predicted molar refractivity (Wildman–Crippen MR) is 116 cm³/mol. The second-order valence-corrected chi connectivity index (χ2v) is 8.11. The van der Waals surface area contributed by atoms with Crippen LogP contribution in [0, 0.1) is 0 Å². The number of hydrogen-bond donors (Lipinski definition) is 3. The number of sulfonamides is 1. The summed E-state index contributed by atoms with van der Waals surface area (Å²) in [5.74, 6) is -1.07. The van der Waals surface area contributed by atoms with Crippen LogP contribution in [0.3, 0.4) is 0 Å². The highest BCUT2D eigenvalue weighted by molar-refractivity contribution is 7.92. The van der Waals surface area contributed by atoms with Crippen LogP contribution < -0.4 is 14.8 Å². The maximum Gasteiger partial charge on any atom is 0.335 e. The van der Waals surface area contributed by atoms with Gasteiger partial charge in [0.05, 0.1) is 17.1 Å². The van der Waals surface area contributed by atoms with Gasteiger partial charge in [-0.2, -0.15) is 0 Å². The van der Waals surface area contributed by atoms with E-state index in [-0.39, 0.29) is 21.7 Å². The largest absolute Gasteiger partial charge is 0.494 e. The Morgan fingerprint density at radius 2 is 1.58 bits per heavy atom. The minimum absolute atomic E-state index is 0.0219. The number of nitrogens with one attached hydrogen (secondary N) is 2. The Morgan fingerprint density at radius 3 is 2.26 bits per heavy atom. The van der Waals surface area contributed by atoms with Gasteiger partial charge in [-0.25, -0.2) is 13.2 Å². The topological polar surface area (TPSA) is 122 Å². The standard InChI is InChI=1S/C22H20N2O6S/c1-2-30-19-11-9-17(10-12-19)24-31(28,29)20-8-4-5-15(14-20)21(25)23-18-7-3-6-16(13-18)22(26)27/h3-14,24H,2H2,1H3,(H,23,25)(H,26,27). The predicted octanol–water partition coefficient (Wildman–Crippen LogP) is 3.84. The molecule has 3 rings (SSSR count). The minimum Gasteiger partial charge on any atom is -0.494 e. The van der Waals surface area contributed by atoms with Crippen molar-refractivity contribution in [2.45, 2.75) is 11.8 Å². The second kappa shape index (κ2) is 9.31. The number of aromatic carboxylic acids is 1. The van der Waals surface area contributed by atoms with Crippen LogP contribution in [0.1, 0.15) is 27.6 Å². The summed E-state index contributed by atoms with van der Waals surface area (Å²) < 4.78 is 33.2. The van der Waals surface area contributed by atoms with Crippen LogP contribution in [-0.4, -0.2) is 32.0 Å². The zero-order valence-corrected chi connectivity index (χ0v) is 17.3. The molecular formula is C22H20N2O6S. The number of carboxylic acid groups (broad SMARTS) is 1. The molecule has 3 aromatic carbocycles. The molecular weight excluding hydrogens is 420 g/mol. The third kappa shape index (κ3) is 5.61. The normalized spacial score (nSPS) is 10.9. The average molecular weight is 440 g/mol. The van der Waals surface area contributed by atoms with Gasteiger partial charge >= 0.3 is 5.97 Å². The van der Waals surface area contributed by atoms with Gasteiger partial charge in [-0.3, -0.25) is 9.52 Å². The summed E-state index contributed by atoms with van der Waals surface area (Å²) in [4.78, 5) is 23.5. The highest BCUT2D eigenvalue weighted by atomic mass is 32.2. The van der Waals surface area contributed by atoms with Crippen molar-refractivity contribution in [1.29, 1.82) is 0 Å². The van der Waals surface area contributed by atoms with Crippen molar-refractivity contribution in [3.63, 3.8) is 0 Å². The smallest absolute Gasteiger partial charge is 0.335 e. The molecule has 0 spiro atoms. The van der Waals surface area contributed by atoms with E-state index < -0.39 is 21.9 Å². The first kappa shape index (κ1) is 21.8. The molecule has 160 valence electrons. The third-order valence-electron chi connectivity index (χ3n) is 4.19. The van der Waals surface area contributed by atoms with Gasteiger partial charge in [-0.1, -0.05) is 12.1 Å². The summed E-state index contributed by atoms with van der Waals surface area (Å²) in [6.07, 6.45) is 0. The Labute approximate surface area is 179 Å². The SMILES string of the molecule is CCOc1ccc(NS(=O)(=O)c2cccc(C(=O)Nc3cccc(C(=O)O)c3)c2)cc1. The Bertz CT molecular complexity index is 1210. The van der Waals surface area contributed by atoms with E-state index in [1.807, 2.05) is 6.92 Å². The van der Waals surface area contributed by atoms with Gasteiger partial charge in [0.25, 0.3) is 15.9 Å². The molecule has 3 N–H and O–H groups in total. The molecule has 0 aromatic heterocycles. The monoisotopic (exact) mass is 440 g/mol. The van der Waals surface area contributed by atoms with E-state index in [0.29, 0.717) is 18.0 Å². The van der Waals surface area contributed by atoms with Gasteiger partial charge in [0.15, 0.2) is 0 Å². The molecule has 0 heterocycles. The maximum atomic E-state index is 12.7. The van der Waals surface area contributed by atoms with Crippen LogP contribution in [0.4, 0.5) is 11.4 Å². The second-order valence-electron chi connectivity index (χ2n) is 6.43. The molecule has 0 bridgehead atoms. The van der Waals surface area contributed by atoms with Crippen molar-refractivity contribution in [3.05, 3.63) is 83.9 Å². The fourth-order valence-electron chi connectivity index (χ4n) is 2.74. The number of rotatable bonds is 8. The molecule has 0 saturated carbocycles. The van der Waals surface area contributed by atoms with E-state index in [1.165, 1.54) is 42.5 Å². The summed E-state index contributed by atoms with van der Waals surface area (Å²) in [5, 5.41) is 11.6. The van der Waals surface area contributed by atoms with Crippen molar-refractivity contribution in [1.82, 2.24) is 0 Å². The van der Waals surface area contributed by atoms with Crippen LogP contribution in [0.5, 0.6) is 5.75 Å². The number of carbonyl (C=O) groups excluding carboxylic acids is 1. The van der Waals surface area contributed by atoms with Crippen LogP contribution in [0.25, 0.3) is 0 Å². The molecule has 0 aliphatic rings. The van der Waals surface area contributed by atoms with Gasteiger partial charge in [-0.15, -0.1) is 0 Å². The molecule has 0 radical (unpaired) electrons. The van der Waals surface area contributed by atoms with Gasteiger partial charge in [0.1, 0.15) is 5.75 Å². The van der Waals surface area contributed by atoms with Gasteiger partial charge in [0.2, 0.25) is 0 Å². The van der Waals surface area contributed by atoms with E-state index in [1.54, 1.807) is 30.3 Å². The zero-order chi connectivity index (χ0) is 22.4. The molecule has 0 saturated heterocycles. The maximum absolute atomic E-state index is 12.7. The molecule has 0 aliphatic carbocycles. The summed E-state index contributed by atoms with van der Waals surface area (Å²) in [6, 6.07) is 17.7. The molecule has 0 atom stereocenters. The molecule has 0 aliphatic heterocycles. The van der Waals surface area contributed by atoms with Crippen molar-refractivity contribution >= 4 is 33.3 Å². The van der Waals surface area contributed by atoms with E-state index in [4.69, 9.17) is 9.84 Å². The molecule has 9 heteroatoms. The number of anilines is 2. The number of carboxylic acids is 1. The average Bonchev–Trinajstić information content (AvgIpc) is 2.75. The Morgan fingerprint density at radius 1 is 0.903 bits per heavy atom. The van der Waals surface area contributed by atoms with Crippen molar-refractivity contribution in [3.8, 4) is 5.75 Å². The fourth-order valence-corrected chi connectivity index (χ4v) is 3.84. The van der Waals surface area contributed by atoms with Crippen molar-refractivity contribution in [2.24, 2.45) is 0 Å². The number of amides is 1. The summed E-state index contributed by atoms with van der Waals surface area (Å²) >= 11 is 0. The van der Waals surface area contributed by atoms with Gasteiger partial charge in [-0.05, 0) is 67.6 Å². The molecule has 8 nitrogen and oxygen atoms in total. The molecule has 1 amide bonds. The van der Waals surface area contributed by atoms with Gasteiger partial charge < -0.3 is 15.2 Å². The minimum atomic E-state index is -3.93. The first-order valence-corrected chi connectivity index (χ1v) is 10.8. The Hall–Kier alpha value is -3.85. The molecule has 31 heavy (non-hydrogen) atoms. The van der Waals surface area contributed by atoms with Gasteiger partial charge in [0, 0.05) is 16.9 Å². The number of hydrogen-bond acceptors (Lipinski definition) is 5. The summed E-state index contributed by atoms with van der Waals surface area (Å²) in [6.45, 7) is 2.35. The highest BCUT2D eigenvalue weighted by Gasteiger charge is 2.17. The number of carbonyl (C=O) groups is 2. The summed E-state index contributed by atoms with van der Waals surface area (Å²) in [7, 11) is -3.93. The highest BCUT2D eigenvalue weighted by Crippen LogP contribution is 2.21. The lowest BCUT2D eigenvalue weighted by Gasteiger charge is -2.11. The van der Waals surface area contributed by atoms with E-state index in [0.717, 1.165) is 0 Å². The molecule has 3 aromatic rings. The van der Waals surface area contributed by atoms with E-state index in [9.17, 15) is 18.0 Å². The van der Waals surface area contributed by atoms with Crippen LogP contribution >= 0.6 is 0 Å². The lowest BCUT2D eigenvalue weighted by Crippen LogP contribution is -2.16. The first-order valence-electron chi connectivity index (χ1n) is 9.29. The van der Waals surface area contributed by atoms with E-state index >= 15 is 0 Å². The lowest BCUT2D eigenvalue weighted by atomic mass is 10.2.